The van der Waals surface area contributed by atoms with E-state index in [4.69, 9.17) is 9.63 Å². The summed E-state index contributed by atoms with van der Waals surface area (Å²) in [6.07, 6.45) is 3.15. The maximum atomic E-state index is 10.4. The van der Waals surface area contributed by atoms with Crippen LogP contribution in [0.15, 0.2) is 4.52 Å². The number of hydrogen-bond acceptors (Lipinski definition) is 5. The van der Waals surface area contributed by atoms with Crippen molar-refractivity contribution in [3.8, 4) is 0 Å². The van der Waals surface area contributed by atoms with E-state index in [0.717, 1.165) is 18.7 Å². The van der Waals surface area contributed by atoms with Crippen molar-refractivity contribution in [2.75, 3.05) is 13.6 Å². The summed E-state index contributed by atoms with van der Waals surface area (Å²) in [5.74, 6) is 1.18. The van der Waals surface area contributed by atoms with Crippen LogP contribution < -0.4 is 0 Å². The molecule has 0 atom stereocenters. The number of carboxylic acid groups (broad SMARTS) is 1. The molecule has 6 heteroatoms. The predicted octanol–water partition coefficient (Wildman–Crippen LogP) is 1.24. The van der Waals surface area contributed by atoms with Crippen molar-refractivity contribution in [1.82, 2.24) is 15.0 Å². The monoisotopic (exact) mass is 239 g/mol. The van der Waals surface area contributed by atoms with Crippen molar-refractivity contribution in [3.63, 3.8) is 0 Å². The molecule has 0 bridgehead atoms. The molecule has 1 aromatic heterocycles. The molecule has 0 spiro atoms. The Kier molecular flexibility index (Phi) is 3.73. The molecule has 0 amide bonds. The van der Waals surface area contributed by atoms with Crippen LogP contribution in [0.3, 0.4) is 0 Å². The molecule has 0 radical (unpaired) electrons. The van der Waals surface area contributed by atoms with Crippen molar-refractivity contribution >= 4 is 5.97 Å². The molecule has 0 saturated heterocycles. The zero-order valence-electron chi connectivity index (χ0n) is 9.93. The fraction of sp³-hybridized carbons (Fsp3) is 0.727. The Morgan fingerprint density at radius 3 is 3.00 bits per heavy atom. The summed E-state index contributed by atoms with van der Waals surface area (Å²) in [6.45, 7) is 1.30. The second-order valence-corrected chi connectivity index (χ2v) is 4.56. The molecule has 0 aliphatic heterocycles. The molecule has 1 heterocycles. The first-order chi connectivity index (χ1) is 8.15. The third-order valence-electron chi connectivity index (χ3n) is 2.76. The van der Waals surface area contributed by atoms with Crippen LogP contribution in [-0.2, 0) is 11.3 Å². The second-order valence-electron chi connectivity index (χ2n) is 4.56. The molecule has 1 aliphatic carbocycles. The lowest BCUT2D eigenvalue weighted by Crippen LogP contribution is -2.20. The number of carboxylic acids is 1. The first kappa shape index (κ1) is 12.0. The molecular formula is C11H17N3O3. The van der Waals surface area contributed by atoms with Crippen molar-refractivity contribution in [3.05, 3.63) is 11.7 Å². The quantitative estimate of drug-likeness (QED) is 0.771. The second kappa shape index (κ2) is 5.27. The molecule has 94 valence electrons. The Morgan fingerprint density at radius 2 is 2.35 bits per heavy atom. The zero-order valence-corrected chi connectivity index (χ0v) is 9.93. The van der Waals surface area contributed by atoms with Gasteiger partial charge in [-0.15, -0.1) is 0 Å². The van der Waals surface area contributed by atoms with Gasteiger partial charge in [-0.3, -0.25) is 9.69 Å². The van der Waals surface area contributed by atoms with Crippen LogP contribution in [0.5, 0.6) is 0 Å². The highest BCUT2D eigenvalue weighted by Gasteiger charge is 2.28. The van der Waals surface area contributed by atoms with Gasteiger partial charge in [0, 0.05) is 12.3 Å². The number of hydrogen-bond donors (Lipinski definition) is 1. The number of aliphatic carboxylic acids is 1. The summed E-state index contributed by atoms with van der Waals surface area (Å²) in [5.41, 5.74) is 0. The van der Waals surface area contributed by atoms with Gasteiger partial charge in [-0.1, -0.05) is 5.16 Å². The van der Waals surface area contributed by atoms with E-state index < -0.39 is 5.97 Å². The molecule has 17 heavy (non-hydrogen) atoms. The van der Waals surface area contributed by atoms with Gasteiger partial charge in [0.2, 0.25) is 5.89 Å². The highest BCUT2D eigenvalue weighted by Crippen LogP contribution is 2.38. The lowest BCUT2D eigenvalue weighted by molar-refractivity contribution is -0.137. The molecule has 6 nitrogen and oxygen atoms in total. The molecule has 1 N–H and O–H groups in total. The van der Waals surface area contributed by atoms with Gasteiger partial charge >= 0.3 is 5.97 Å². The van der Waals surface area contributed by atoms with E-state index in [1.54, 1.807) is 0 Å². The summed E-state index contributed by atoms with van der Waals surface area (Å²) in [5, 5.41) is 12.5. The predicted molar refractivity (Wildman–Crippen MR) is 59.5 cm³/mol. The average molecular weight is 239 g/mol. The van der Waals surface area contributed by atoms with Crippen LogP contribution in [0.25, 0.3) is 0 Å². The first-order valence-corrected chi connectivity index (χ1v) is 5.88. The van der Waals surface area contributed by atoms with Gasteiger partial charge in [-0.25, -0.2) is 0 Å². The minimum absolute atomic E-state index is 0.196. The molecule has 1 aromatic rings. The fourth-order valence-corrected chi connectivity index (χ4v) is 1.65. The normalized spacial score (nSPS) is 15.4. The van der Waals surface area contributed by atoms with Crippen molar-refractivity contribution in [2.24, 2.45) is 0 Å². The van der Waals surface area contributed by atoms with Gasteiger partial charge in [0.05, 0.1) is 6.54 Å². The molecule has 2 rings (SSSR count). The lowest BCUT2D eigenvalue weighted by atomic mass is 10.3. The first-order valence-electron chi connectivity index (χ1n) is 5.88. The number of nitrogens with zero attached hydrogens (tertiary/aromatic N) is 3. The van der Waals surface area contributed by atoms with Crippen molar-refractivity contribution in [2.45, 2.75) is 38.1 Å². The maximum Gasteiger partial charge on any atom is 0.303 e. The average Bonchev–Trinajstić information content (AvgIpc) is 3.00. The molecule has 0 aromatic carbocycles. The summed E-state index contributed by atoms with van der Waals surface area (Å²) in [6, 6.07) is 0. The van der Waals surface area contributed by atoms with Gasteiger partial charge in [-0.05, 0) is 32.9 Å². The number of carbonyl (C=O) groups is 1. The van der Waals surface area contributed by atoms with E-state index in [9.17, 15) is 4.79 Å². The molecule has 1 fully saturated rings. The van der Waals surface area contributed by atoms with E-state index in [1.165, 1.54) is 0 Å². The van der Waals surface area contributed by atoms with Gasteiger partial charge in [0.25, 0.3) is 0 Å². The van der Waals surface area contributed by atoms with E-state index in [0.29, 0.717) is 31.3 Å². The van der Waals surface area contributed by atoms with Crippen LogP contribution >= 0.6 is 0 Å². The third kappa shape index (κ3) is 3.81. The summed E-state index contributed by atoms with van der Waals surface area (Å²) in [7, 11) is 1.92. The van der Waals surface area contributed by atoms with E-state index in [1.807, 2.05) is 11.9 Å². The van der Waals surface area contributed by atoms with Gasteiger partial charge in [0.15, 0.2) is 5.82 Å². The van der Waals surface area contributed by atoms with Crippen molar-refractivity contribution in [1.29, 1.82) is 0 Å². The van der Waals surface area contributed by atoms with Gasteiger partial charge in [0.1, 0.15) is 0 Å². The summed E-state index contributed by atoms with van der Waals surface area (Å²) < 4.78 is 5.14. The van der Waals surface area contributed by atoms with Crippen LogP contribution in [0.1, 0.15) is 43.3 Å². The van der Waals surface area contributed by atoms with E-state index >= 15 is 0 Å². The molecule has 0 unspecified atom stereocenters. The van der Waals surface area contributed by atoms with Crippen LogP contribution in [0.4, 0.5) is 0 Å². The smallest absolute Gasteiger partial charge is 0.303 e. The summed E-state index contributed by atoms with van der Waals surface area (Å²) in [4.78, 5) is 16.7. The van der Waals surface area contributed by atoms with E-state index in [-0.39, 0.29) is 6.42 Å². The van der Waals surface area contributed by atoms with E-state index in [2.05, 4.69) is 10.1 Å². The SMILES string of the molecule is CN(CCCC(=O)O)Cc1nc(C2CC2)no1. The Balaban J connectivity index is 1.72. The topological polar surface area (TPSA) is 79.5 Å². The van der Waals surface area contributed by atoms with Crippen molar-refractivity contribution < 1.29 is 14.4 Å². The van der Waals surface area contributed by atoms with Gasteiger partial charge in [-0.2, -0.15) is 4.98 Å². The Morgan fingerprint density at radius 1 is 1.59 bits per heavy atom. The fourth-order valence-electron chi connectivity index (χ4n) is 1.65. The highest BCUT2D eigenvalue weighted by molar-refractivity contribution is 5.66. The summed E-state index contributed by atoms with van der Waals surface area (Å²) >= 11 is 0. The zero-order chi connectivity index (χ0) is 12.3. The van der Waals surface area contributed by atoms with Crippen LogP contribution in [0.2, 0.25) is 0 Å². The highest BCUT2D eigenvalue weighted by atomic mass is 16.5. The molecule has 1 saturated carbocycles. The molecule has 1 aliphatic rings. The Hall–Kier alpha value is -1.43. The number of aromatic nitrogens is 2. The number of rotatable bonds is 7. The molecular weight excluding hydrogens is 222 g/mol. The third-order valence-corrected chi connectivity index (χ3v) is 2.76. The van der Waals surface area contributed by atoms with Crippen LogP contribution in [0, 0.1) is 0 Å². The minimum Gasteiger partial charge on any atom is -0.481 e. The largest absolute Gasteiger partial charge is 0.481 e. The maximum absolute atomic E-state index is 10.4. The standard InChI is InChI=1S/C11H17N3O3/c1-14(6-2-3-10(15)16)7-9-12-11(13-17-9)8-4-5-8/h8H,2-7H2,1H3,(H,15,16). The Labute approximate surface area is 99.6 Å². The van der Waals surface area contributed by atoms with Crippen LogP contribution in [-0.4, -0.2) is 39.7 Å². The van der Waals surface area contributed by atoms with Gasteiger partial charge < -0.3 is 9.63 Å². The lowest BCUT2D eigenvalue weighted by Gasteiger charge is -2.12. The Bertz CT molecular complexity index is 387. The minimum atomic E-state index is -0.757.